The van der Waals surface area contributed by atoms with Gasteiger partial charge in [-0.25, -0.2) is 4.99 Å². The van der Waals surface area contributed by atoms with Crippen molar-refractivity contribution in [2.75, 3.05) is 39.0 Å². The van der Waals surface area contributed by atoms with Crippen LogP contribution in [-0.2, 0) is 24.3 Å². The number of halogens is 1. The minimum absolute atomic E-state index is 0. The van der Waals surface area contributed by atoms with Gasteiger partial charge in [-0.15, -0.1) is 24.0 Å². The Kier molecular flexibility index (Phi) is 9.58. The van der Waals surface area contributed by atoms with Gasteiger partial charge in [0.25, 0.3) is 0 Å². The molecule has 3 rings (SSSR count). The van der Waals surface area contributed by atoms with Crippen LogP contribution in [0.25, 0.3) is 0 Å². The first-order valence-corrected chi connectivity index (χ1v) is 10.2. The lowest BCUT2D eigenvalue weighted by Crippen LogP contribution is -2.44. The number of hydrogen-bond acceptors (Lipinski definition) is 3. The normalized spacial score (nSPS) is 13.5. The molecule has 0 atom stereocenters. The summed E-state index contributed by atoms with van der Waals surface area (Å²) in [5.41, 5.74) is 4.68. The summed E-state index contributed by atoms with van der Waals surface area (Å²) in [5.74, 6) is 0.917. The van der Waals surface area contributed by atoms with Gasteiger partial charge in [0.1, 0.15) is 0 Å². The minimum atomic E-state index is -0.0176. The van der Waals surface area contributed by atoms with E-state index in [4.69, 9.17) is 4.99 Å². The zero-order valence-corrected chi connectivity index (χ0v) is 20.3. The smallest absolute Gasteiger partial charge is 0.238 e. The van der Waals surface area contributed by atoms with E-state index in [1.165, 1.54) is 11.1 Å². The van der Waals surface area contributed by atoms with Crippen LogP contribution < -0.4 is 10.6 Å². The molecule has 1 amide bonds. The molecule has 1 aliphatic rings. The molecule has 30 heavy (non-hydrogen) atoms. The molecule has 2 aromatic rings. The molecule has 0 aliphatic carbocycles. The third-order valence-corrected chi connectivity index (χ3v) is 4.85. The van der Waals surface area contributed by atoms with Crippen molar-refractivity contribution in [3.05, 3.63) is 65.2 Å². The number of nitrogens with one attached hydrogen (secondary N) is 2. The molecule has 0 aromatic heterocycles. The first kappa shape index (κ1) is 24.1. The van der Waals surface area contributed by atoms with E-state index < -0.39 is 0 Å². The van der Waals surface area contributed by atoms with E-state index in [1.54, 1.807) is 0 Å². The second-order valence-corrected chi connectivity index (χ2v) is 7.60. The van der Waals surface area contributed by atoms with E-state index in [2.05, 4.69) is 46.7 Å². The molecule has 1 heterocycles. The molecule has 7 heteroatoms. The summed E-state index contributed by atoms with van der Waals surface area (Å²) in [5, 5.41) is 6.37. The van der Waals surface area contributed by atoms with E-state index >= 15 is 0 Å². The highest BCUT2D eigenvalue weighted by molar-refractivity contribution is 14.0. The largest absolute Gasteiger partial charge is 0.356 e. The van der Waals surface area contributed by atoms with Gasteiger partial charge in [0.05, 0.1) is 13.1 Å². The number of hydrogen-bond donors (Lipinski definition) is 2. The van der Waals surface area contributed by atoms with E-state index in [0.29, 0.717) is 13.1 Å². The lowest BCUT2D eigenvalue weighted by atomic mass is 10.0. The second kappa shape index (κ2) is 11.9. The summed E-state index contributed by atoms with van der Waals surface area (Å²) in [6.45, 7) is 5.69. The Morgan fingerprint density at radius 2 is 1.90 bits per heavy atom. The summed E-state index contributed by atoms with van der Waals surface area (Å²) in [4.78, 5) is 21.0. The molecule has 0 radical (unpaired) electrons. The van der Waals surface area contributed by atoms with Crippen molar-refractivity contribution in [3.8, 4) is 0 Å². The molecular weight excluding hydrogens is 489 g/mol. The molecule has 6 nitrogen and oxygen atoms in total. The zero-order chi connectivity index (χ0) is 20.6. The maximum Gasteiger partial charge on any atom is 0.238 e. The monoisotopic (exact) mass is 521 g/mol. The number of guanidine groups is 1. The number of carbonyl (C=O) groups excluding carboxylic acids is 1. The van der Waals surface area contributed by atoms with Crippen molar-refractivity contribution < 1.29 is 4.79 Å². The molecule has 1 aliphatic heterocycles. The highest BCUT2D eigenvalue weighted by Crippen LogP contribution is 2.19. The Morgan fingerprint density at radius 1 is 1.13 bits per heavy atom. The Labute approximate surface area is 196 Å². The highest BCUT2D eigenvalue weighted by Gasteiger charge is 2.18. The fourth-order valence-corrected chi connectivity index (χ4v) is 3.50. The molecule has 0 fully saturated rings. The van der Waals surface area contributed by atoms with Crippen LogP contribution in [0.15, 0.2) is 53.5 Å². The predicted octanol–water partition coefficient (Wildman–Crippen LogP) is 3.33. The standard InChI is InChI=1S/C23H31N5O.HI/c1-4-24-23(28-13-12-19-9-5-6-10-20(19)16-28)25-15-18-8-7-11-21(14-18)26-22(29)17-27(2)3;/h5-11,14H,4,12-13,15-17H2,1-3H3,(H,24,25)(H,26,29);1H. The van der Waals surface area contributed by atoms with Crippen molar-refractivity contribution in [1.82, 2.24) is 15.1 Å². The topological polar surface area (TPSA) is 60.0 Å². The number of anilines is 1. The summed E-state index contributed by atoms with van der Waals surface area (Å²) in [6.07, 6.45) is 1.04. The quantitative estimate of drug-likeness (QED) is 0.348. The SMILES string of the molecule is CCNC(=NCc1cccc(NC(=O)CN(C)C)c1)N1CCc2ccccc2C1.I. The minimum Gasteiger partial charge on any atom is -0.356 e. The fraction of sp³-hybridized carbons (Fsp3) is 0.391. The Hall–Kier alpha value is -2.13. The predicted molar refractivity (Wildman–Crippen MR) is 134 cm³/mol. The van der Waals surface area contributed by atoms with E-state index in [9.17, 15) is 4.79 Å². The Balaban J connectivity index is 0.00000320. The van der Waals surface area contributed by atoms with E-state index in [0.717, 1.165) is 43.3 Å². The van der Waals surface area contributed by atoms with Gasteiger partial charge in [-0.1, -0.05) is 36.4 Å². The van der Waals surface area contributed by atoms with Crippen LogP contribution in [-0.4, -0.2) is 55.4 Å². The van der Waals surface area contributed by atoms with Crippen molar-refractivity contribution in [2.24, 2.45) is 4.99 Å². The van der Waals surface area contributed by atoms with Crippen LogP contribution in [0.2, 0.25) is 0 Å². The van der Waals surface area contributed by atoms with Gasteiger partial charge in [-0.3, -0.25) is 4.79 Å². The van der Waals surface area contributed by atoms with Crippen molar-refractivity contribution in [1.29, 1.82) is 0 Å². The molecule has 0 unspecified atom stereocenters. The van der Waals surface area contributed by atoms with E-state index in [-0.39, 0.29) is 29.9 Å². The second-order valence-electron chi connectivity index (χ2n) is 7.60. The lowest BCUT2D eigenvalue weighted by molar-refractivity contribution is -0.116. The Morgan fingerprint density at radius 3 is 2.63 bits per heavy atom. The van der Waals surface area contributed by atoms with Crippen LogP contribution in [0.5, 0.6) is 0 Å². The van der Waals surface area contributed by atoms with Crippen LogP contribution >= 0.6 is 24.0 Å². The Bertz CT molecular complexity index is 868. The number of amides is 1. The van der Waals surface area contributed by atoms with Gasteiger partial charge in [0, 0.05) is 25.3 Å². The number of aliphatic imine (C=N–C) groups is 1. The average Bonchev–Trinajstić information content (AvgIpc) is 2.70. The van der Waals surface area contributed by atoms with Crippen LogP contribution in [0.4, 0.5) is 5.69 Å². The van der Waals surface area contributed by atoms with Gasteiger partial charge < -0.3 is 20.4 Å². The molecule has 2 aromatic carbocycles. The van der Waals surface area contributed by atoms with Gasteiger partial charge in [-0.05, 0) is 56.3 Å². The van der Waals surface area contributed by atoms with Crippen molar-refractivity contribution >= 4 is 41.5 Å². The first-order chi connectivity index (χ1) is 14.0. The summed E-state index contributed by atoms with van der Waals surface area (Å²) < 4.78 is 0. The number of likely N-dealkylation sites (N-methyl/N-ethyl adjacent to an activating group) is 1. The average molecular weight is 521 g/mol. The van der Waals surface area contributed by atoms with Crippen LogP contribution in [0.3, 0.4) is 0 Å². The number of carbonyl (C=O) groups is 1. The molecule has 162 valence electrons. The molecule has 2 N–H and O–H groups in total. The molecule has 0 saturated carbocycles. The number of benzene rings is 2. The molecule has 0 bridgehead atoms. The summed E-state index contributed by atoms with van der Waals surface area (Å²) in [6, 6.07) is 16.5. The number of fused-ring (bicyclic) bond motifs is 1. The fourth-order valence-electron chi connectivity index (χ4n) is 3.50. The first-order valence-electron chi connectivity index (χ1n) is 10.2. The highest BCUT2D eigenvalue weighted by atomic mass is 127. The zero-order valence-electron chi connectivity index (χ0n) is 18.0. The van der Waals surface area contributed by atoms with Gasteiger partial charge in [0.2, 0.25) is 5.91 Å². The maximum atomic E-state index is 12.0. The third-order valence-electron chi connectivity index (χ3n) is 4.85. The molecule has 0 spiro atoms. The molecule has 0 saturated heterocycles. The summed E-state index contributed by atoms with van der Waals surface area (Å²) in [7, 11) is 3.76. The summed E-state index contributed by atoms with van der Waals surface area (Å²) >= 11 is 0. The van der Waals surface area contributed by atoms with Crippen LogP contribution in [0, 0.1) is 0 Å². The maximum absolute atomic E-state index is 12.0. The van der Waals surface area contributed by atoms with Crippen molar-refractivity contribution in [2.45, 2.75) is 26.4 Å². The van der Waals surface area contributed by atoms with Gasteiger partial charge in [0.15, 0.2) is 5.96 Å². The van der Waals surface area contributed by atoms with Gasteiger partial charge in [-0.2, -0.15) is 0 Å². The number of rotatable bonds is 6. The molecular formula is C23H32IN5O. The van der Waals surface area contributed by atoms with E-state index in [1.807, 2.05) is 43.3 Å². The van der Waals surface area contributed by atoms with Crippen molar-refractivity contribution in [3.63, 3.8) is 0 Å². The van der Waals surface area contributed by atoms with Gasteiger partial charge >= 0.3 is 0 Å². The third kappa shape index (κ3) is 6.98. The lowest BCUT2D eigenvalue weighted by Gasteiger charge is -2.31. The number of nitrogens with zero attached hydrogens (tertiary/aromatic N) is 3. The van der Waals surface area contributed by atoms with Crippen LogP contribution in [0.1, 0.15) is 23.6 Å².